The van der Waals surface area contributed by atoms with Gasteiger partial charge < -0.3 is 10.2 Å². The number of thiophene rings is 1. The van der Waals surface area contributed by atoms with Gasteiger partial charge in [-0.05, 0) is 53.9 Å². The van der Waals surface area contributed by atoms with E-state index in [-0.39, 0.29) is 42.9 Å². The average Bonchev–Trinajstić information content (AvgIpc) is 3.34. The summed E-state index contributed by atoms with van der Waals surface area (Å²) in [6, 6.07) is 16.4. The van der Waals surface area contributed by atoms with Crippen molar-refractivity contribution >= 4 is 50.5 Å². The van der Waals surface area contributed by atoms with E-state index in [0.717, 1.165) is 0 Å². The Morgan fingerprint density at radius 2 is 1.66 bits per heavy atom. The number of rotatable bonds is 5. The fourth-order valence-electron chi connectivity index (χ4n) is 3.39. The van der Waals surface area contributed by atoms with Gasteiger partial charge in [0.1, 0.15) is 0 Å². The van der Waals surface area contributed by atoms with E-state index in [1.807, 2.05) is 5.38 Å². The Morgan fingerprint density at radius 1 is 0.938 bits per heavy atom. The van der Waals surface area contributed by atoms with Gasteiger partial charge in [0, 0.05) is 42.5 Å². The number of piperazine rings is 1. The number of nitrogens with one attached hydrogen (secondary N) is 1. The highest BCUT2D eigenvalue weighted by Gasteiger charge is 2.30. The Labute approximate surface area is 195 Å². The SMILES string of the molecule is O=C(Nc1ccc(C(=O)N2CCN(S(=O)(=O)c3cccc(Cl)c3)CC2)cc1)c1cccs1. The second kappa shape index (κ2) is 9.41. The van der Waals surface area contributed by atoms with Crippen molar-refractivity contribution in [2.45, 2.75) is 4.90 Å². The number of amides is 2. The molecular formula is C22H20ClN3O4S2. The van der Waals surface area contributed by atoms with Crippen LogP contribution in [-0.4, -0.2) is 55.6 Å². The number of anilines is 1. The molecule has 166 valence electrons. The zero-order valence-corrected chi connectivity index (χ0v) is 19.3. The molecule has 2 amide bonds. The first-order valence-electron chi connectivity index (χ1n) is 9.84. The lowest BCUT2D eigenvalue weighted by atomic mass is 10.1. The molecule has 1 aliphatic heterocycles. The summed E-state index contributed by atoms with van der Waals surface area (Å²) in [6.07, 6.45) is 0. The lowest BCUT2D eigenvalue weighted by molar-refractivity contribution is 0.0698. The second-order valence-corrected chi connectivity index (χ2v) is 10.5. The van der Waals surface area contributed by atoms with Crippen LogP contribution in [0.5, 0.6) is 0 Å². The molecule has 32 heavy (non-hydrogen) atoms. The van der Waals surface area contributed by atoms with E-state index >= 15 is 0 Å². The zero-order chi connectivity index (χ0) is 22.7. The van der Waals surface area contributed by atoms with Crippen LogP contribution < -0.4 is 5.32 Å². The minimum absolute atomic E-state index is 0.143. The van der Waals surface area contributed by atoms with Crippen LogP contribution in [0.25, 0.3) is 0 Å². The van der Waals surface area contributed by atoms with Crippen LogP contribution in [0.2, 0.25) is 5.02 Å². The Hall–Kier alpha value is -2.72. The van der Waals surface area contributed by atoms with Crippen molar-refractivity contribution in [2.75, 3.05) is 31.5 Å². The topological polar surface area (TPSA) is 86.8 Å². The van der Waals surface area contributed by atoms with Gasteiger partial charge >= 0.3 is 0 Å². The molecule has 0 saturated carbocycles. The molecule has 1 aliphatic rings. The highest BCUT2D eigenvalue weighted by molar-refractivity contribution is 7.89. The molecule has 4 rings (SSSR count). The zero-order valence-electron chi connectivity index (χ0n) is 16.9. The quantitative estimate of drug-likeness (QED) is 0.590. The first kappa shape index (κ1) is 22.5. The van der Waals surface area contributed by atoms with Gasteiger partial charge in [-0.3, -0.25) is 9.59 Å². The Morgan fingerprint density at radius 3 is 2.28 bits per heavy atom. The third kappa shape index (κ3) is 4.86. The summed E-state index contributed by atoms with van der Waals surface area (Å²) in [5, 5.41) is 4.98. The Bertz CT molecular complexity index is 1220. The molecule has 0 atom stereocenters. The monoisotopic (exact) mass is 489 g/mol. The van der Waals surface area contributed by atoms with E-state index in [4.69, 9.17) is 11.6 Å². The fraction of sp³-hybridized carbons (Fsp3) is 0.182. The normalized spacial score (nSPS) is 14.8. The highest BCUT2D eigenvalue weighted by atomic mass is 35.5. The molecule has 7 nitrogen and oxygen atoms in total. The molecule has 1 fully saturated rings. The van der Waals surface area contributed by atoms with Crippen LogP contribution in [0.1, 0.15) is 20.0 Å². The lowest BCUT2D eigenvalue weighted by Crippen LogP contribution is -2.50. The first-order valence-corrected chi connectivity index (χ1v) is 12.5. The summed E-state index contributed by atoms with van der Waals surface area (Å²) >= 11 is 7.28. The standard InChI is InChI=1S/C22H20ClN3O4S2/c23-17-3-1-4-19(15-17)32(29,30)26-12-10-25(11-13-26)22(28)16-6-8-18(9-7-16)24-21(27)20-5-2-14-31-20/h1-9,14-15H,10-13H2,(H,24,27). The van der Waals surface area contributed by atoms with E-state index in [1.165, 1.54) is 27.8 Å². The van der Waals surface area contributed by atoms with E-state index in [1.54, 1.807) is 53.4 Å². The maximum atomic E-state index is 12.8. The van der Waals surface area contributed by atoms with Gasteiger partial charge in [-0.15, -0.1) is 11.3 Å². The minimum atomic E-state index is -3.66. The average molecular weight is 490 g/mol. The summed E-state index contributed by atoms with van der Waals surface area (Å²) < 4.78 is 27.0. The molecule has 1 aromatic heterocycles. The van der Waals surface area contributed by atoms with Gasteiger partial charge in [0.15, 0.2) is 0 Å². The Balaban J connectivity index is 1.36. The van der Waals surface area contributed by atoms with Crippen LogP contribution in [0, 0.1) is 0 Å². The molecule has 0 bridgehead atoms. The molecule has 0 spiro atoms. The van der Waals surface area contributed by atoms with E-state index < -0.39 is 10.0 Å². The van der Waals surface area contributed by atoms with Gasteiger partial charge in [-0.1, -0.05) is 23.7 Å². The van der Waals surface area contributed by atoms with Crippen molar-refractivity contribution in [3.8, 4) is 0 Å². The first-order chi connectivity index (χ1) is 15.3. The van der Waals surface area contributed by atoms with Crippen molar-refractivity contribution in [2.24, 2.45) is 0 Å². The third-order valence-corrected chi connectivity index (χ3v) is 8.09. The summed E-state index contributed by atoms with van der Waals surface area (Å²) in [5.74, 6) is -0.378. The van der Waals surface area contributed by atoms with Crippen molar-refractivity contribution in [1.29, 1.82) is 0 Å². The maximum absolute atomic E-state index is 12.8. The molecule has 10 heteroatoms. The predicted octanol–water partition coefficient (Wildman–Crippen LogP) is 3.80. The number of hydrogen-bond donors (Lipinski definition) is 1. The van der Waals surface area contributed by atoms with Gasteiger partial charge in [0.25, 0.3) is 11.8 Å². The number of halogens is 1. The predicted molar refractivity (Wildman–Crippen MR) is 125 cm³/mol. The number of carbonyl (C=O) groups is 2. The highest BCUT2D eigenvalue weighted by Crippen LogP contribution is 2.22. The maximum Gasteiger partial charge on any atom is 0.265 e. The van der Waals surface area contributed by atoms with Crippen LogP contribution >= 0.6 is 22.9 Å². The molecule has 1 saturated heterocycles. The van der Waals surface area contributed by atoms with Crippen LogP contribution in [0.15, 0.2) is 70.9 Å². The van der Waals surface area contributed by atoms with Gasteiger partial charge in [0.05, 0.1) is 9.77 Å². The smallest absolute Gasteiger partial charge is 0.265 e. The van der Waals surface area contributed by atoms with Crippen LogP contribution in [0.3, 0.4) is 0 Å². The fourth-order valence-corrected chi connectivity index (χ4v) is 5.73. The number of sulfonamides is 1. The number of nitrogens with zero attached hydrogens (tertiary/aromatic N) is 2. The van der Waals surface area contributed by atoms with Crippen LogP contribution in [-0.2, 0) is 10.0 Å². The van der Waals surface area contributed by atoms with Gasteiger partial charge in [0.2, 0.25) is 10.0 Å². The van der Waals surface area contributed by atoms with Crippen molar-refractivity contribution < 1.29 is 18.0 Å². The Kier molecular flexibility index (Phi) is 6.61. The van der Waals surface area contributed by atoms with E-state index in [0.29, 0.717) is 21.2 Å². The molecule has 1 N–H and O–H groups in total. The summed E-state index contributed by atoms with van der Waals surface area (Å²) in [5.41, 5.74) is 1.07. The molecule has 0 aliphatic carbocycles. The van der Waals surface area contributed by atoms with E-state index in [9.17, 15) is 18.0 Å². The largest absolute Gasteiger partial charge is 0.336 e. The van der Waals surface area contributed by atoms with Crippen LogP contribution in [0.4, 0.5) is 5.69 Å². The van der Waals surface area contributed by atoms with E-state index in [2.05, 4.69) is 5.32 Å². The lowest BCUT2D eigenvalue weighted by Gasteiger charge is -2.34. The summed E-state index contributed by atoms with van der Waals surface area (Å²) in [4.78, 5) is 27.4. The number of carbonyl (C=O) groups excluding carboxylic acids is 2. The van der Waals surface area contributed by atoms with Crippen molar-refractivity contribution in [3.05, 3.63) is 81.5 Å². The second-order valence-electron chi connectivity index (χ2n) is 7.16. The number of benzene rings is 2. The molecular weight excluding hydrogens is 470 g/mol. The third-order valence-electron chi connectivity index (χ3n) is 5.09. The molecule has 0 radical (unpaired) electrons. The molecule has 2 heterocycles. The number of hydrogen-bond acceptors (Lipinski definition) is 5. The van der Waals surface area contributed by atoms with Crippen molar-refractivity contribution in [1.82, 2.24) is 9.21 Å². The van der Waals surface area contributed by atoms with Crippen molar-refractivity contribution in [3.63, 3.8) is 0 Å². The van der Waals surface area contributed by atoms with Gasteiger partial charge in [-0.2, -0.15) is 4.31 Å². The molecule has 0 unspecified atom stereocenters. The summed E-state index contributed by atoms with van der Waals surface area (Å²) in [6.45, 7) is 0.982. The summed E-state index contributed by atoms with van der Waals surface area (Å²) in [7, 11) is -3.66. The molecule has 2 aromatic carbocycles. The van der Waals surface area contributed by atoms with Gasteiger partial charge in [-0.25, -0.2) is 8.42 Å². The molecule has 3 aromatic rings. The minimum Gasteiger partial charge on any atom is -0.336 e.